The molecular formula is C20H22N2O4. The van der Waals surface area contributed by atoms with Crippen molar-refractivity contribution < 1.29 is 19.4 Å². The van der Waals surface area contributed by atoms with E-state index in [0.717, 1.165) is 16.9 Å². The molecule has 1 aliphatic heterocycles. The molecule has 1 N–H and O–H groups in total. The van der Waals surface area contributed by atoms with Crippen molar-refractivity contribution >= 4 is 11.7 Å². The van der Waals surface area contributed by atoms with Crippen molar-refractivity contribution in [2.24, 2.45) is 4.99 Å². The number of carbonyl (C=O) groups excluding carboxylic acids is 1. The van der Waals surface area contributed by atoms with Crippen molar-refractivity contribution in [2.75, 3.05) is 20.8 Å². The van der Waals surface area contributed by atoms with E-state index in [1.165, 1.54) is 0 Å². The van der Waals surface area contributed by atoms with Crippen LogP contribution in [0.15, 0.2) is 59.6 Å². The SMILES string of the molecule is COc1ccccc1CN1CC(O)C(=O)N=C1C(OC)c1ccccc1. The molecule has 2 aromatic carbocycles. The highest BCUT2D eigenvalue weighted by atomic mass is 16.5. The summed E-state index contributed by atoms with van der Waals surface area (Å²) in [7, 11) is 3.20. The Bertz CT molecular complexity index is 791. The van der Waals surface area contributed by atoms with Crippen LogP contribution < -0.4 is 4.74 Å². The Balaban J connectivity index is 1.96. The molecule has 0 bridgehead atoms. The minimum absolute atomic E-state index is 0.155. The first-order valence-corrected chi connectivity index (χ1v) is 8.39. The number of β-amino-alcohol motifs (C(OH)–C–C–N with tert-alkyl or cyclic N) is 1. The predicted molar refractivity (Wildman–Crippen MR) is 98.0 cm³/mol. The third kappa shape index (κ3) is 3.76. The molecule has 6 heteroatoms. The number of rotatable bonds is 6. The molecule has 2 atom stereocenters. The normalized spacial score (nSPS) is 18.4. The predicted octanol–water partition coefficient (Wildman–Crippen LogP) is 2.18. The summed E-state index contributed by atoms with van der Waals surface area (Å²) in [5, 5.41) is 10.0. The van der Waals surface area contributed by atoms with Gasteiger partial charge in [0.05, 0.1) is 13.7 Å². The highest BCUT2D eigenvalue weighted by Crippen LogP contribution is 2.26. The number of para-hydroxylation sites is 1. The molecule has 0 spiro atoms. The Morgan fingerprint density at radius 3 is 2.54 bits per heavy atom. The van der Waals surface area contributed by atoms with E-state index in [-0.39, 0.29) is 6.54 Å². The Hall–Kier alpha value is -2.70. The van der Waals surface area contributed by atoms with E-state index < -0.39 is 18.1 Å². The monoisotopic (exact) mass is 354 g/mol. The van der Waals surface area contributed by atoms with E-state index in [1.807, 2.05) is 59.5 Å². The smallest absolute Gasteiger partial charge is 0.278 e. The summed E-state index contributed by atoms with van der Waals surface area (Å²) in [5.74, 6) is 0.682. The summed E-state index contributed by atoms with van der Waals surface area (Å²) < 4.78 is 11.1. The van der Waals surface area contributed by atoms with Gasteiger partial charge in [-0.2, -0.15) is 4.99 Å². The number of amides is 1. The van der Waals surface area contributed by atoms with E-state index >= 15 is 0 Å². The van der Waals surface area contributed by atoms with Gasteiger partial charge in [-0.3, -0.25) is 4.79 Å². The van der Waals surface area contributed by atoms with Crippen LogP contribution in [0.2, 0.25) is 0 Å². The number of amidine groups is 1. The van der Waals surface area contributed by atoms with Gasteiger partial charge in [0.2, 0.25) is 0 Å². The second kappa shape index (κ2) is 8.12. The fourth-order valence-corrected chi connectivity index (χ4v) is 3.07. The van der Waals surface area contributed by atoms with Crippen LogP contribution in [0.5, 0.6) is 5.75 Å². The lowest BCUT2D eigenvalue weighted by Gasteiger charge is -2.34. The molecule has 26 heavy (non-hydrogen) atoms. The van der Waals surface area contributed by atoms with Gasteiger partial charge in [0.1, 0.15) is 17.7 Å². The lowest BCUT2D eigenvalue weighted by atomic mass is 10.0. The molecular weight excluding hydrogens is 332 g/mol. The second-order valence-electron chi connectivity index (χ2n) is 6.04. The van der Waals surface area contributed by atoms with E-state index in [0.29, 0.717) is 12.4 Å². The summed E-state index contributed by atoms with van der Waals surface area (Å²) in [4.78, 5) is 18.0. The lowest BCUT2D eigenvalue weighted by molar-refractivity contribution is -0.127. The minimum Gasteiger partial charge on any atom is -0.496 e. The van der Waals surface area contributed by atoms with Gasteiger partial charge in [-0.05, 0) is 11.6 Å². The standard InChI is InChI=1S/C20H22N2O4/c1-25-17-11-7-6-10-15(17)12-22-13-16(23)20(24)21-19(22)18(26-2)14-8-4-3-5-9-14/h3-11,16,18,23H,12-13H2,1-2H3. The second-order valence-corrected chi connectivity index (χ2v) is 6.04. The molecule has 136 valence electrons. The number of hydrogen-bond acceptors (Lipinski definition) is 5. The van der Waals surface area contributed by atoms with Crippen LogP contribution in [0.1, 0.15) is 17.2 Å². The largest absolute Gasteiger partial charge is 0.496 e. The lowest BCUT2D eigenvalue weighted by Crippen LogP contribution is -2.47. The third-order valence-electron chi connectivity index (χ3n) is 4.35. The van der Waals surface area contributed by atoms with Gasteiger partial charge in [-0.25, -0.2) is 0 Å². The average molecular weight is 354 g/mol. The fourth-order valence-electron chi connectivity index (χ4n) is 3.07. The summed E-state index contributed by atoms with van der Waals surface area (Å²) in [6.07, 6.45) is -1.65. The molecule has 3 rings (SSSR count). The third-order valence-corrected chi connectivity index (χ3v) is 4.35. The van der Waals surface area contributed by atoms with Crippen LogP contribution in [0, 0.1) is 0 Å². The first-order chi connectivity index (χ1) is 12.6. The van der Waals surface area contributed by atoms with Crippen LogP contribution in [-0.2, 0) is 16.1 Å². The quantitative estimate of drug-likeness (QED) is 0.861. The summed E-state index contributed by atoms with van der Waals surface area (Å²) in [5.41, 5.74) is 1.83. The number of aliphatic hydroxyl groups is 1. The van der Waals surface area contributed by atoms with Gasteiger partial charge in [0.25, 0.3) is 5.91 Å². The van der Waals surface area contributed by atoms with E-state index in [1.54, 1.807) is 14.2 Å². The number of aliphatic hydroxyl groups excluding tert-OH is 1. The number of carbonyl (C=O) groups is 1. The Labute approximate surface area is 152 Å². The maximum atomic E-state index is 12.0. The van der Waals surface area contributed by atoms with Crippen molar-refractivity contribution in [1.29, 1.82) is 0 Å². The van der Waals surface area contributed by atoms with Crippen LogP contribution >= 0.6 is 0 Å². The minimum atomic E-state index is -1.15. The molecule has 0 aliphatic carbocycles. The Kier molecular flexibility index (Phi) is 5.65. The zero-order valence-corrected chi connectivity index (χ0v) is 14.8. The van der Waals surface area contributed by atoms with E-state index in [4.69, 9.17) is 9.47 Å². The highest BCUT2D eigenvalue weighted by Gasteiger charge is 2.33. The van der Waals surface area contributed by atoms with Gasteiger partial charge in [-0.1, -0.05) is 48.5 Å². The molecule has 6 nitrogen and oxygen atoms in total. The number of ether oxygens (including phenoxy) is 2. The van der Waals surface area contributed by atoms with Gasteiger partial charge in [0.15, 0.2) is 6.10 Å². The number of aliphatic imine (C=N–C) groups is 1. The van der Waals surface area contributed by atoms with Gasteiger partial charge >= 0.3 is 0 Å². The van der Waals surface area contributed by atoms with Crippen molar-refractivity contribution in [1.82, 2.24) is 4.90 Å². The first-order valence-electron chi connectivity index (χ1n) is 8.39. The molecule has 1 amide bonds. The average Bonchev–Trinajstić information content (AvgIpc) is 2.67. The Morgan fingerprint density at radius 2 is 1.85 bits per heavy atom. The summed E-state index contributed by atoms with van der Waals surface area (Å²) in [6, 6.07) is 17.2. The molecule has 1 aliphatic rings. The first kappa shape index (κ1) is 18.1. The Morgan fingerprint density at radius 1 is 1.15 bits per heavy atom. The topological polar surface area (TPSA) is 71.4 Å². The van der Waals surface area contributed by atoms with Crippen molar-refractivity contribution in [3.8, 4) is 5.75 Å². The molecule has 0 saturated heterocycles. The zero-order chi connectivity index (χ0) is 18.5. The van der Waals surface area contributed by atoms with Crippen LogP contribution in [0.4, 0.5) is 0 Å². The molecule has 0 aromatic heterocycles. The van der Waals surface area contributed by atoms with Crippen molar-refractivity contribution in [3.63, 3.8) is 0 Å². The summed E-state index contributed by atoms with van der Waals surface area (Å²) in [6.45, 7) is 0.599. The molecule has 2 aromatic rings. The van der Waals surface area contributed by atoms with E-state index in [2.05, 4.69) is 4.99 Å². The molecule has 0 radical (unpaired) electrons. The number of methoxy groups -OCH3 is 2. The molecule has 1 heterocycles. The molecule has 2 unspecified atom stereocenters. The number of hydrogen-bond donors (Lipinski definition) is 1. The maximum absolute atomic E-state index is 12.0. The van der Waals surface area contributed by atoms with Crippen molar-refractivity contribution in [3.05, 3.63) is 65.7 Å². The van der Waals surface area contributed by atoms with Gasteiger partial charge in [-0.15, -0.1) is 0 Å². The number of benzene rings is 2. The van der Waals surface area contributed by atoms with E-state index in [9.17, 15) is 9.90 Å². The fraction of sp³-hybridized carbons (Fsp3) is 0.300. The van der Waals surface area contributed by atoms with Gasteiger partial charge in [0, 0.05) is 19.2 Å². The maximum Gasteiger partial charge on any atom is 0.278 e. The van der Waals surface area contributed by atoms with Crippen LogP contribution in [-0.4, -0.2) is 48.6 Å². The highest BCUT2D eigenvalue weighted by molar-refractivity contribution is 6.01. The van der Waals surface area contributed by atoms with Crippen LogP contribution in [0.25, 0.3) is 0 Å². The van der Waals surface area contributed by atoms with Crippen LogP contribution in [0.3, 0.4) is 0 Å². The molecule has 0 saturated carbocycles. The zero-order valence-electron chi connectivity index (χ0n) is 14.8. The summed E-state index contributed by atoms with van der Waals surface area (Å²) >= 11 is 0. The van der Waals surface area contributed by atoms with Gasteiger partial charge < -0.3 is 19.5 Å². The van der Waals surface area contributed by atoms with Crippen molar-refractivity contribution in [2.45, 2.75) is 18.8 Å². The molecule has 0 fully saturated rings. The number of nitrogens with zero attached hydrogens (tertiary/aromatic N) is 2.